The first kappa shape index (κ1) is 29.5. The van der Waals surface area contributed by atoms with Crippen LogP contribution in [-0.2, 0) is 16.1 Å². The smallest absolute Gasteiger partial charge is 0.333 e. The number of amides is 2. The summed E-state index contributed by atoms with van der Waals surface area (Å²) < 4.78 is 4.94. The minimum Gasteiger partial charge on any atom is -0.467 e. The van der Waals surface area contributed by atoms with E-state index >= 15 is 0 Å². The van der Waals surface area contributed by atoms with Crippen molar-refractivity contribution in [2.75, 3.05) is 27.2 Å². The van der Waals surface area contributed by atoms with Gasteiger partial charge in [0, 0.05) is 38.1 Å². The number of thiophene rings is 1. The first-order chi connectivity index (χ1) is 19.8. The third-order valence-corrected chi connectivity index (χ3v) is 7.74. The van der Waals surface area contributed by atoms with Crippen molar-refractivity contribution in [1.82, 2.24) is 15.1 Å². The topological polar surface area (TPSA) is 141 Å². The maximum atomic E-state index is 13.6. The SMILES string of the molecule is COC(=O)C(NC(=O)c1csc(C(=O)N(C)Cc2ccccc2C#N)c1N=CN1CCC[C@@H](N)C1)c1ccccc1. The normalized spacial score (nSPS) is 15.7. The highest BCUT2D eigenvalue weighted by Crippen LogP contribution is 2.33. The van der Waals surface area contributed by atoms with E-state index < -0.39 is 17.9 Å². The van der Waals surface area contributed by atoms with E-state index in [0.29, 0.717) is 23.2 Å². The number of nitriles is 1. The van der Waals surface area contributed by atoms with Crippen LogP contribution in [0.3, 0.4) is 0 Å². The van der Waals surface area contributed by atoms with E-state index in [1.165, 1.54) is 12.0 Å². The van der Waals surface area contributed by atoms with Gasteiger partial charge >= 0.3 is 5.97 Å². The number of nitrogens with zero attached hydrogens (tertiary/aromatic N) is 4. The van der Waals surface area contributed by atoms with E-state index in [1.807, 2.05) is 11.0 Å². The highest BCUT2D eigenvalue weighted by molar-refractivity contribution is 7.13. The molecule has 2 amide bonds. The summed E-state index contributed by atoms with van der Waals surface area (Å²) in [5.74, 6) is -1.55. The Labute approximate surface area is 243 Å². The molecule has 2 atom stereocenters. The van der Waals surface area contributed by atoms with Crippen LogP contribution >= 0.6 is 11.3 Å². The minimum absolute atomic E-state index is 0.0135. The van der Waals surface area contributed by atoms with Crippen molar-refractivity contribution in [2.24, 2.45) is 10.7 Å². The summed E-state index contributed by atoms with van der Waals surface area (Å²) in [5.41, 5.74) is 8.23. The largest absolute Gasteiger partial charge is 0.467 e. The van der Waals surface area contributed by atoms with E-state index in [0.717, 1.165) is 30.7 Å². The first-order valence-electron chi connectivity index (χ1n) is 13.1. The lowest BCUT2D eigenvalue weighted by molar-refractivity contribution is -0.143. The van der Waals surface area contributed by atoms with Crippen LogP contribution in [0.1, 0.15) is 55.6 Å². The molecule has 1 aromatic heterocycles. The fourth-order valence-corrected chi connectivity index (χ4v) is 5.58. The fraction of sp³-hybridized carbons (Fsp3) is 0.300. The number of hydrogen-bond acceptors (Lipinski definition) is 8. The van der Waals surface area contributed by atoms with Gasteiger partial charge in [-0.1, -0.05) is 48.5 Å². The van der Waals surface area contributed by atoms with Crippen LogP contribution in [-0.4, -0.2) is 67.2 Å². The van der Waals surface area contributed by atoms with Crippen LogP contribution in [0.5, 0.6) is 0 Å². The van der Waals surface area contributed by atoms with Crippen molar-refractivity contribution in [3.05, 3.63) is 87.1 Å². The number of hydrogen-bond donors (Lipinski definition) is 2. The van der Waals surface area contributed by atoms with Crippen LogP contribution in [0.4, 0.5) is 5.69 Å². The maximum Gasteiger partial charge on any atom is 0.333 e. The molecule has 1 aliphatic heterocycles. The second-order valence-electron chi connectivity index (χ2n) is 9.74. The van der Waals surface area contributed by atoms with Crippen LogP contribution in [0.25, 0.3) is 0 Å². The average molecular weight is 573 g/mol. The van der Waals surface area contributed by atoms with E-state index in [1.54, 1.807) is 67.3 Å². The molecule has 1 aliphatic rings. The zero-order valence-corrected chi connectivity index (χ0v) is 23.8. The summed E-state index contributed by atoms with van der Waals surface area (Å²) in [5, 5.41) is 13.8. The van der Waals surface area contributed by atoms with Gasteiger partial charge in [0.15, 0.2) is 6.04 Å². The third kappa shape index (κ3) is 7.16. The van der Waals surface area contributed by atoms with Gasteiger partial charge < -0.3 is 25.6 Å². The Balaban J connectivity index is 1.66. The van der Waals surface area contributed by atoms with Gasteiger partial charge in [0.2, 0.25) is 0 Å². The minimum atomic E-state index is -1.05. The van der Waals surface area contributed by atoms with Crippen LogP contribution in [0, 0.1) is 11.3 Å². The van der Waals surface area contributed by atoms with E-state index in [-0.39, 0.29) is 34.6 Å². The Morgan fingerprint density at radius 3 is 2.68 bits per heavy atom. The van der Waals surface area contributed by atoms with Gasteiger partial charge in [-0.15, -0.1) is 11.3 Å². The Bertz CT molecular complexity index is 1470. The number of carbonyl (C=O) groups excluding carboxylic acids is 3. The zero-order chi connectivity index (χ0) is 29.4. The number of rotatable bonds is 9. The molecule has 3 N–H and O–H groups in total. The first-order valence-corrected chi connectivity index (χ1v) is 14.0. The fourth-order valence-electron chi connectivity index (χ4n) is 4.60. The number of esters is 1. The number of benzene rings is 2. The highest BCUT2D eigenvalue weighted by atomic mass is 32.1. The number of ether oxygens (including phenoxy) is 1. The molecule has 0 saturated carbocycles. The number of piperidine rings is 1. The van der Waals surface area contributed by atoms with E-state index in [9.17, 15) is 19.6 Å². The summed E-state index contributed by atoms with van der Waals surface area (Å²) in [6.07, 6.45) is 3.45. The van der Waals surface area contributed by atoms with Crippen molar-refractivity contribution in [1.29, 1.82) is 5.26 Å². The lowest BCUT2D eigenvalue weighted by Crippen LogP contribution is -2.41. The maximum absolute atomic E-state index is 13.6. The van der Waals surface area contributed by atoms with E-state index in [4.69, 9.17) is 10.5 Å². The van der Waals surface area contributed by atoms with Gasteiger partial charge in [-0.25, -0.2) is 9.79 Å². The molecule has 41 heavy (non-hydrogen) atoms. The molecule has 10 nitrogen and oxygen atoms in total. The number of methoxy groups -OCH3 is 1. The van der Waals surface area contributed by atoms with Gasteiger partial charge in [-0.2, -0.15) is 5.26 Å². The van der Waals surface area contributed by atoms with Gasteiger partial charge in [0.1, 0.15) is 10.6 Å². The molecule has 0 bridgehead atoms. The van der Waals surface area contributed by atoms with Crippen molar-refractivity contribution in [2.45, 2.75) is 31.5 Å². The predicted molar refractivity (Wildman–Crippen MR) is 157 cm³/mol. The van der Waals surface area contributed by atoms with Crippen molar-refractivity contribution in [3.63, 3.8) is 0 Å². The molecular weight excluding hydrogens is 540 g/mol. The van der Waals surface area contributed by atoms with Gasteiger partial charge in [0.25, 0.3) is 11.8 Å². The monoisotopic (exact) mass is 572 g/mol. The van der Waals surface area contributed by atoms with Crippen molar-refractivity contribution < 1.29 is 19.1 Å². The summed E-state index contributed by atoms with van der Waals surface area (Å²) >= 11 is 1.10. The molecule has 4 rings (SSSR count). The molecule has 2 aromatic carbocycles. The number of nitrogens with one attached hydrogen (secondary N) is 1. The molecular formula is C30H32N6O4S. The Kier molecular flexibility index (Phi) is 9.84. The Hall–Kier alpha value is -4.53. The molecule has 2 heterocycles. The summed E-state index contributed by atoms with van der Waals surface area (Å²) in [6, 6.07) is 17.0. The van der Waals surface area contributed by atoms with Gasteiger partial charge in [-0.3, -0.25) is 9.59 Å². The van der Waals surface area contributed by atoms with Gasteiger partial charge in [-0.05, 0) is 30.0 Å². The highest BCUT2D eigenvalue weighted by Gasteiger charge is 2.29. The van der Waals surface area contributed by atoms with E-state index in [2.05, 4.69) is 16.4 Å². The number of nitrogens with two attached hydrogens (primary N) is 1. The zero-order valence-electron chi connectivity index (χ0n) is 22.9. The van der Waals surface area contributed by atoms with Gasteiger partial charge in [0.05, 0.1) is 30.6 Å². The van der Waals surface area contributed by atoms with Crippen molar-refractivity contribution >= 4 is 41.1 Å². The second kappa shape index (κ2) is 13.7. The lowest BCUT2D eigenvalue weighted by Gasteiger charge is -2.28. The molecule has 11 heteroatoms. The van der Waals surface area contributed by atoms with Crippen LogP contribution in [0.2, 0.25) is 0 Å². The molecule has 1 saturated heterocycles. The standard InChI is InChI=1S/C30H32N6O4S/c1-35(16-22-12-7-6-11-21(22)15-31)29(38)27-26(33-19-36-14-8-13-23(32)17-36)24(18-41-27)28(37)34-25(30(39)40-2)20-9-4-3-5-10-20/h3-7,9-12,18-19,23,25H,8,13-14,16-17,32H2,1-2H3,(H,34,37)/t23-,25?/m1/s1. The number of aliphatic imine (C=N–C) groups is 1. The molecule has 0 radical (unpaired) electrons. The van der Waals surface area contributed by atoms with Crippen molar-refractivity contribution in [3.8, 4) is 6.07 Å². The lowest BCUT2D eigenvalue weighted by atomic mass is 10.1. The predicted octanol–water partition coefficient (Wildman–Crippen LogP) is 3.62. The molecule has 1 unspecified atom stereocenters. The van der Waals surface area contributed by atoms with Crippen LogP contribution in [0.15, 0.2) is 65.0 Å². The Morgan fingerprint density at radius 1 is 1.24 bits per heavy atom. The Morgan fingerprint density at radius 2 is 1.98 bits per heavy atom. The summed E-state index contributed by atoms with van der Waals surface area (Å²) in [6.45, 7) is 1.57. The second-order valence-corrected chi connectivity index (χ2v) is 10.6. The number of likely N-dealkylation sites (tertiary alicyclic amines) is 1. The molecule has 212 valence electrons. The molecule has 0 spiro atoms. The van der Waals surface area contributed by atoms with Crippen LogP contribution < -0.4 is 11.1 Å². The number of carbonyl (C=O) groups is 3. The molecule has 1 fully saturated rings. The third-order valence-electron chi connectivity index (χ3n) is 6.78. The molecule has 3 aromatic rings. The summed E-state index contributed by atoms with van der Waals surface area (Å²) in [7, 11) is 2.89. The average Bonchev–Trinajstić information content (AvgIpc) is 3.42. The summed E-state index contributed by atoms with van der Waals surface area (Å²) in [4.78, 5) is 48.1. The quantitative estimate of drug-likeness (QED) is 0.227. The molecule has 0 aliphatic carbocycles.